The third-order valence-electron chi connectivity index (χ3n) is 3.96. The molecule has 0 heterocycles. The Morgan fingerprint density at radius 3 is 1.14 bits per heavy atom. The molecular weight excluding hydrogens is 299 g/mol. The Morgan fingerprint density at radius 1 is 0.619 bits per heavy atom. The molecule has 0 fully saturated rings. The summed E-state index contributed by atoms with van der Waals surface area (Å²) in [7, 11) is 0. The molecule has 0 bridgehead atoms. The fraction of sp³-hybridized carbons (Fsp3) is 0.400. The van der Waals surface area contributed by atoms with Crippen molar-refractivity contribution in [1.29, 1.82) is 0 Å². The molecule has 0 aliphatic carbocycles. The summed E-state index contributed by atoms with van der Waals surface area (Å²) in [5.74, 6) is 1.42. The minimum Gasteiger partial charge on any atom is -0.0648 e. The van der Waals surface area contributed by atoms with Crippen LogP contribution in [0.15, 0.2) is 60.7 Å². The summed E-state index contributed by atoms with van der Waals surface area (Å²) in [6.45, 7) is 8.96. The van der Waals surface area contributed by atoms with Gasteiger partial charge in [-0.15, -0.1) is 0 Å². The second-order valence-corrected chi connectivity index (χ2v) is 5.44. The van der Waals surface area contributed by atoms with E-state index in [0.29, 0.717) is 11.8 Å². The van der Waals surface area contributed by atoms with Gasteiger partial charge in [-0.1, -0.05) is 88.4 Å². The van der Waals surface area contributed by atoms with Gasteiger partial charge in [-0.25, -0.2) is 0 Å². The van der Waals surface area contributed by atoms with E-state index in [2.05, 4.69) is 88.4 Å². The van der Waals surface area contributed by atoms with Crippen molar-refractivity contribution in [2.24, 2.45) is 0 Å². The maximum Gasteiger partial charge on any atom is 0 e. The zero-order valence-electron chi connectivity index (χ0n) is 13.7. The minimum atomic E-state index is 0. The van der Waals surface area contributed by atoms with Crippen LogP contribution in [0.2, 0.25) is 0 Å². The number of benzene rings is 2. The first-order valence-electron chi connectivity index (χ1n) is 7.78. The zero-order valence-corrected chi connectivity index (χ0v) is 14.6. The standard InChI is InChI=1S/2C10H14.Ni/c2*1-3-9(2)10-7-5-4-6-8-10;/h2*4-9H,3H2,1-2H3;. The normalized spacial score (nSPS) is 12.4. The van der Waals surface area contributed by atoms with Gasteiger partial charge in [-0.05, 0) is 35.8 Å². The van der Waals surface area contributed by atoms with Crippen molar-refractivity contribution >= 4 is 0 Å². The average molecular weight is 327 g/mol. The Balaban J connectivity index is 0.000000364. The largest absolute Gasteiger partial charge is 0.0648 e. The molecule has 21 heavy (non-hydrogen) atoms. The van der Waals surface area contributed by atoms with Crippen molar-refractivity contribution in [1.82, 2.24) is 0 Å². The van der Waals surface area contributed by atoms with Crippen LogP contribution in [0.4, 0.5) is 0 Å². The van der Waals surface area contributed by atoms with Crippen LogP contribution in [0, 0.1) is 0 Å². The third-order valence-corrected chi connectivity index (χ3v) is 3.96. The summed E-state index contributed by atoms with van der Waals surface area (Å²) >= 11 is 0. The van der Waals surface area contributed by atoms with E-state index in [-0.39, 0.29) is 16.5 Å². The molecule has 0 saturated carbocycles. The summed E-state index contributed by atoms with van der Waals surface area (Å²) in [4.78, 5) is 0. The summed E-state index contributed by atoms with van der Waals surface area (Å²) < 4.78 is 0. The van der Waals surface area contributed by atoms with Crippen molar-refractivity contribution in [3.05, 3.63) is 71.8 Å². The predicted octanol–water partition coefficient (Wildman–Crippen LogP) is 6.40. The SMILES string of the molecule is CCC(C)c1ccccc1.CCC(C)c1ccccc1.[Ni]. The minimum absolute atomic E-state index is 0. The van der Waals surface area contributed by atoms with Crippen LogP contribution in [0.3, 0.4) is 0 Å². The Morgan fingerprint density at radius 2 is 0.905 bits per heavy atom. The van der Waals surface area contributed by atoms with E-state index in [1.54, 1.807) is 0 Å². The molecule has 0 aliphatic heterocycles. The molecule has 0 aliphatic rings. The van der Waals surface area contributed by atoms with Gasteiger partial charge < -0.3 is 0 Å². The van der Waals surface area contributed by atoms with Crippen LogP contribution in [-0.4, -0.2) is 0 Å². The van der Waals surface area contributed by atoms with Crippen LogP contribution < -0.4 is 0 Å². The van der Waals surface area contributed by atoms with Gasteiger partial charge in [0.25, 0.3) is 0 Å². The van der Waals surface area contributed by atoms with E-state index in [1.165, 1.54) is 24.0 Å². The van der Waals surface area contributed by atoms with Gasteiger partial charge in [0.2, 0.25) is 0 Å². The molecule has 0 spiro atoms. The first kappa shape index (κ1) is 19.9. The van der Waals surface area contributed by atoms with E-state index >= 15 is 0 Å². The molecule has 0 saturated heterocycles. The predicted molar refractivity (Wildman–Crippen MR) is 90.3 cm³/mol. The summed E-state index contributed by atoms with van der Waals surface area (Å²) in [5, 5.41) is 0. The monoisotopic (exact) mass is 326 g/mol. The quantitative estimate of drug-likeness (QED) is 0.570. The fourth-order valence-electron chi connectivity index (χ4n) is 2.03. The van der Waals surface area contributed by atoms with Crippen molar-refractivity contribution in [2.75, 3.05) is 0 Å². The molecule has 0 radical (unpaired) electrons. The molecule has 2 atom stereocenters. The maximum absolute atomic E-state index is 2.26. The molecule has 0 N–H and O–H groups in total. The molecular formula is C20H28Ni. The van der Waals surface area contributed by atoms with E-state index < -0.39 is 0 Å². The van der Waals surface area contributed by atoms with Crippen LogP contribution >= 0.6 is 0 Å². The van der Waals surface area contributed by atoms with Crippen LogP contribution in [0.1, 0.15) is 63.5 Å². The van der Waals surface area contributed by atoms with Gasteiger partial charge in [-0.2, -0.15) is 0 Å². The summed E-state index contributed by atoms with van der Waals surface area (Å²) in [5.41, 5.74) is 2.90. The third kappa shape index (κ3) is 7.48. The van der Waals surface area contributed by atoms with E-state index in [4.69, 9.17) is 0 Å². The van der Waals surface area contributed by atoms with Crippen LogP contribution in [-0.2, 0) is 16.5 Å². The fourth-order valence-corrected chi connectivity index (χ4v) is 2.03. The smallest absolute Gasteiger partial charge is 0 e. The Kier molecular flexibility index (Phi) is 11.0. The molecule has 2 unspecified atom stereocenters. The molecule has 0 amide bonds. The molecule has 0 nitrogen and oxygen atoms in total. The first-order valence-corrected chi connectivity index (χ1v) is 7.78. The molecule has 2 aromatic rings. The van der Waals surface area contributed by atoms with Crippen molar-refractivity contribution in [2.45, 2.75) is 52.4 Å². The van der Waals surface area contributed by atoms with Crippen molar-refractivity contribution in [3.63, 3.8) is 0 Å². The first-order chi connectivity index (χ1) is 9.69. The number of rotatable bonds is 4. The molecule has 1 heteroatoms. The van der Waals surface area contributed by atoms with Gasteiger partial charge in [-0.3, -0.25) is 0 Å². The van der Waals surface area contributed by atoms with Gasteiger partial charge in [0.05, 0.1) is 0 Å². The number of hydrogen-bond donors (Lipinski definition) is 0. The molecule has 118 valence electrons. The summed E-state index contributed by atoms with van der Waals surface area (Å²) in [6.07, 6.45) is 2.45. The van der Waals surface area contributed by atoms with E-state index in [0.717, 1.165) is 0 Å². The molecule has 2 rings (SSSR count). The Labute approximate surface area is 140 Å². The average Bonchev–Trinajstić information content (AvgIpc) is 2.55. The zero-order chi connectivity index (χ0) is 14.8. The van der Waals surface area contributed by atoms with E-state index in [1.807, 2.05) is 0 Å². The Hall–Kier alpha value is -1.07. The van der Waals surface area contributed by atoms with E-state index in [9.17, 15) is 0 Å². The van der Waals surface area contributed by atoms with Gasteiger partial charge in [0, 0.05) is 16.5 Å². The summed E-state index contributed by atoms with van der Waals surface area (Å²) in [6, 6.07) is 21.3. The topological polar surface area (TPSA) is 0 Å². The molecule has 2 aromatic carbocycles. The van der Waals surface area contributed by atoms with Crippen molar-refractivity contribution in [3.8, 4) is 0 Å². The van der Waals surface area contributed by atoms with Gasteiger partial charge in [0.15, 0.2) is 0 Å². The number of hydrogen-bond acceptors (Lipinski definition) is 0. The second kappa shape index (κ2) is 11.6. The second-order valence-electron chi connectivity index (χ2n) is 5.44. The van der Waals surface area contributed by atoms with Crippen LogP contribution in [0.5, 0.6) is 0 Å². The Bertz CT molecular complexity index is 404. The van der Waals surface area contributed by atoms with Crippen LogP contribution in [0.25, 0.3) is 0 Å². The maximum atomic E-state index is 2.26. The van der Waals surface area contributed by atoms with Crippen molar-refractivity contribution < 1.29 is 16.5 Å². The van der Waals surface area contributed by atoms with Gasteiger partial charge >= 0.3 is 0 Å². The molecule has 0 aromatic heterocycles. The van der Waals surface area contributed by atoms with Gasteiger partial charge in [0.1, 0.15) is 0 Å².